The van der Waals surface area contributed by atoms with Crippen LogP contribution in [-0.4, -0.2) is 54.9 Å². The zero-order valence-corrected chi connectivity index (χ0v) is 17.4. The van der Waals surface area contributed by atoms with Gasteiger partial charge in [-0.1, -0.05) is 44.2 Å². The SMILES string of the molecule is COC(=O)C(CC(C)C)CP(=O)(O)CCN(C)C(=O)OCc1ccccc1. The first-order valence-electron chi connectivity index (χ1n) is 8.95. The third-order valence-corrected chi connectivity index (χ3v) is 6.01. The maximum atomic E-state index is 12.5. The number of methoxy groups -OCH3 is 1. The number of esters is 1. The largest absolute Gasteiger partial charge is 0.469 e. The summed E-state index contributed by atoms with van der Waals surface area (Å²) < 4.78 is 22.4. The van der Waals surface area contributed by atoms with Crippen LogP contribution in [0, 0.1) is 11.8 Å². The average molecular weight is 399 g/mol. The minimum absolute atomic E-state index is 0.0664. The van der Waals surface area contributed by atoms with Gasteiger partial charge < -0.3 is 19.3 Å². The number of nitrogens with zero attached hydrogens (tertiary/aromatic N) is 1. The highest BCUT2D eigenvalue weighted by Crippen LogP contribution is 2.43. The summed E-state index contributed by atoms with van der Waals surface area (Å²) in [6, 6.07) is 9.26. The number of benzene rings is 1. The minimum Gasteiger partial charge on any atom is -0.469 e. The van der Waals surface area contributed by atoms with E-state index in [1.54, 1.807) is 0 Å². The quantitative estimate of drug-likeness (QED) is 0.479. The molecule has 0 spiro atoms. The van der Waals surface area contributed by atoms with E-state index in [9.17, 15) is 19.0 Å². The van der Waals surface area contributed by atoms with Crippen LogP contribution in [0.4, 0.5) is 4.79 Å². The molecule has 0 radical (unpaired) electrons. The fourth-order valence-corrected chi connectivity index (χ4v) is 4.43. The summed E-state index contributed by atoms with van der Waals surface area (Å²) in [6.07, 6.45) is -0.336. The molecule has 1 amide bonds. The zero-order valence-electron chi connectivity index (χ0n) is 16.5. The van der Waals surface area contributed by atoms with E-state index in [0.717, 1.165) is 5.56 Å². The van der Waals surface area contributed by atoms with E-state index < -0.39 is 25.3 Å². The van der Waals surface area contributed by atoms with Crippen LogP contribution in [0.15, 0.2) is 30.3 Å². The van der Waals surface area contributed by atoms with Gasteiger partial charge in [0.05, 0.1) is 13.0 Å². The molecule has 0 aliphatic carbocycles. The van der Waals surface area contributed by atoms with Gasteiger partial charge >= 0.3 is 12.1 Å². The van der Waals surface area contributed by atoms with Crippen molar-refractivity contribution < 1.29 is 28.5 Å². The van der Waals surface area contributed by atoms with Crippen LogP contribution < -0.4 is 0 Å². The molecule has 2 atom stereocenters. The standard InChI is InChI=1S/C19H30NO6P/c1-15(2)12-17(18(21)25-4)14-27(23,24)11-10-20(3)19(22)26-13-16-8-6-5-7-9-16/h5-9,15,17H,10-14H2,1-4H3,(H,23,24). The molecule has 0 aliphatic rings. The fraction of sp³-hybridized carbons (Fsp3) is 0.579. The Labute approximate surface area is 161 Å². The fourth-order valence-electron chi connectivity index (χ4n) is 2.64. The Morgan fingerprint density at radius 3 is 2.41 bits per heavy atom. The molecule has 0 saturated carbocycles. The van der Waals surface area contributed by atoms with E-state index in [1.807, 2.05) is 44.2 Å². The number of carbonyl (C=O) groups is 2. The van der Waals surface area contributed by atoms with Gasteiger partial charge in [-0.05, 0) is 17.9 Å². The van der Waals surface area contributed by atoms with Crippen molar-refractivity contribution in [1.82, 2.24) is 4.90 Å². The number of carbonyl (C=O) groups excluding carboxylic acids is 2. The number of hydrogen-bond acceptors (Lipinski definition) is 5. The van der Waals surface area contributed by atoms with Crippen molar-refractivity contribution in [3.63, 3.8) is 0 Å². The monoisotopic (exact) mass is 399 g/mol. The van der Waals surface area contributed by atoms with E-state index in [1.165, 1.54) is 19.1 Å². The summed E-state index contributed by atoms with van der Waals surface area (Å²) in [5, 5.41) is 0. The van der Waals surface area contributed by atoms with Crippen LogP contribution in [0.1, 0.15) is 25.8 Å². The molecule has 0 fully saturated rings. The molecular weight excluding hydrogens is 369 g/mol. The molecule has 0 aromatic heterocycles. The van der Waals surface area contributed by atoms with Gasteiger partial charge in [0.15, 0.2) is 0 Å². The molecule has 0 bridgehead atoms. The van der Waals surface area contributed by atoms with Gasteiger partial charge in [0, 0.05) is 25.9 Å². The molecule has 7 nitrogen and oxygen atoms in total. The predicted molar refractivity (Wildman–Crippen MR) is 104 cm³/mol. The molecule has 1 aromatic rings. The molecule has 152 valence electrons. The van der Waals surface area contributed by atoms with Crippen molar-refractivity contribution in [3.05, 3.63) is 35.9 Å². The smallest absolute Gasteiger partial charge is 0.409 e. The van der Waals surface area contributed by atoms with E-state index in [4.69, 9.17) is 9.47 Å². The highest BCUT2D eigenvalue weighted by atomic mass is 31.2. The Balaban J connectivity index is 2.51. The van der Waals surface area contributed by atoms with Crippen LogP contribution in [-0.2, 0) is 25.4 Å². The molecule has 1 rings (SSSR count). The molecule has 8 heteroatoms. The Bertz CT molecular complexity index is 649. The number of amides is 1. The average Bonchev–Trinajstić information content (AvgIpc) is 2.63. The van der Waals surface area contributed by atoms with Gasteiger partial charge in [-0.15, -0.1) is 0 Å². The second kappa shape index (κ2) is 11.1. The van der Waals surface area contributed by atoms with Gasteiger partial charge in [-0.2, -0.15) is 0 Å². The minimum atomic E-state index is -3.59. The van der Waals surface area contributed by atoms with Gasteiger partial charge in [0.2, 0.25) is 7.37 Å². The molecule has 1 aromatic carbocycles. The Hall–Kier alpha value is -1.85. The molecular formula is C19H30NO6P. The van der Waals surface area contributed by atoms with Crippen molar-refractivity contribution in [2.75, 3.05) is 33.0 Å². The summed E-state index contributed by atoms with van der Waals surface area (Å²) in [6.45, 7) is 4.08. The molecule has 0 heterocycles. The Morgan fingerprint density at radius 1 is 1.22 bits per heavy atom. The van der Waals surface area contributed by atoms with Crippen LogP contribution in [0.2, 0.25) is 0 Å². The maximum absolute atomic E-state index is 12.5. The summed E-state index contributed by atoms with van der Waals surface area (Å²) in [4.78, 5) is 35.4. The highest BCUT2D eigenvalue weighted by molar-refractivity contribution is 7.58. The number of rotatable bonds is 10. The van der Waals surface area contributed by atoms with Crippen LogP contribution in [0.3, 0.4) is 0 Å². The Morgan fingerprint density at radius 2 is 1.85 bits per heavy atom. The first-order chi connectivity index (χ1) is 12.6. The van der Waals surface area contributed by atoms with E-state index >= 15 is 0 Å². The van der Waals surface area contributed by atoms with Crippen molar-refractivity contribution in [1.29, 1.82) is 0 Å². The highest BCUT2D eigenvalue weighted by Gasteiger charge is 2.30. The van der Waals surface area contributed by atoms with Gasteiger partial charge in [-0.25, -0.2) is 4.79 Å². The second-order valence-electron chi connectivity index (χ2n) is 7.06. The second-order valence-corrected chi connectivity index (χ2v) is 9.57. The molecule has 2 unspecified atom stereocenters. The van der Waals surface area contributed by atoms with Gasteiger partial charge in [-0.3, -0.25) is 9.36 Å². The molecule has 0 aliphatic heterocycles. The normalized spacial score (nSPS) is 14.3. The number of ether oxygens (including phenoxy) is 2. The van der Waals surface area contributed by atoms with Crippen molar-refractivity contribution >= 4 is 19.4 Å². The summed E-state index contributed by atoms with van der Waals surface area (Å²) >= 11 is 0. The lowest BCUT2D eigenvalue weighted by molar-refractivity contribution is -0.145. The first kappa shape index (κ1) is 23.2. The third-order valence-electron chi connectivity index (χ3n) is 4.10. The van der Waals surface area contributed by atoms with Crippen LogP contribution >= 0.6 is 7.37 Å². The summed E-state index contributed by atoms with van der Waals surface area (Å²) in [5.41, 5.74) is 0.863. The third kappa shape index (κ3) is 9.07. The molecule has 27 heavy (non-hydrogen) atoms. The van der Waals surface area contributed by atoms with Crippen molar-refractivity contribution in [2.24, 2.45) is 11.8 Å². The van der Waals surface area contributed by atoms with Crippen LogP contribution in [0.25, 0.3) is 0 Å². The van der Waals surface area contributed by atoms with Gasteiger partial charge in [0.1, 0.15) is 6.61 Å². The summed E-state index contributed by atoms with van der Waals surface area (Å²) in [7, 11) is -0.807. The molecule has 0 saturated heterocycles. The van der Waals surface area contributed by atoms with Gasteiger partial charge in [0.25, 0.3) is 0 Å². The van der Waals surface area contributed by atoms with Crippen molar-refractivity contribution in [2.45, 2.75) is 26.9 Å². The lowest BCUT2D eigenvalue weighted by Crippen LogP contribution is -2.31. The Kier molecular flexibility index (Phi) is 9.53. The predicted octanol–water partition coefficient (Wildman–Crippen LogP) is 3.36. The van der Waals surface area contributed by atoms with E-state index in [2.05, 4.69) is 0 Å². The van der Waals surface area contributed by atoms with Crippen molar-refractivity contribution in [3.8, 4) is 0 Å². The van der Waals surface area contributed by atoms with E-state index in [-0.39, 0.29) is 31.4 Å². The zero-order chi connectivity index (χ0) is 20.4. The lowest BCUT2D eigenvalue weighted by Gasteiger charge is -2.22. The topological polar surface area (TPSA) is 93.1 Å². The number of hydrogen-bond donors (Lipinski definition) is 1. The van der Waals surface area contributed by atoms with E-state index in [0.29, 0.717) is 6.42 Å². The maximum Gasteiger partial charge on any atom is 0.409 e. The lowest BCUT2D eigenvalue weighted by atomic mass is 9.99. The molecule has 1 N–H and O–H groups in total. The first-order valence-corrected chi connectivity index (χ1v) is 11.0. The van der Waals surface area contributed by atoms with Crippen LogP contribution in [0.5, 0.6) is 0 Å². The summed E-state index contributed by atoms with van der Waals surface area (Å²) in [5.74, 6) is -0.903.